The van der Waals surface area contributed by atoms with Gasteiger partial charge >= 0.3 is 0 Å². The van der Waals surface area contributed by atoms with Crippen LogP contribution in [0.25, 0.3) is 10.8 Å². The Kier molecular flexibility index (Phi) is 5.72. The number of hydrogen-bond donors (Lipinski definition) is 1. The molecule has 0 aromatic heterocycles. The molecule has 5 heteroatoms. The standard InChI is InChI=1S/C29H22N2O3/c1-33-22-14-11-21(12-15-22)27-24(18-30)29(31-26(32)17-19-7-3-2-4-8-19)34-25-16-13-20-9-5-6-10-23(20)28(25)27/h2-16,27H,17H2,1H3,(H,31,32)/t27-/m0/s1. The molecular formula is C29H22N2O3. The maximum Gasteiger partial charge on any atom is 0.231 e. The average Bonchev–Trinajstić information content (AvgIpc) is 2.88. The Labute approximate surface area is 197 Å². The van der Waals surface area contributed by atoms with Crippen molar-refractivity contribution in [3.8, 4) is 17.6 Å². The summed E-state index contributed by atoms with van der Waals surface area (Å²) >= 11 is 0. The first-order chi connectivity index (χ1) is 16.7. The van der Waals surface area contributed by atoms with Crippen molar-refractivity contribution in [2.45, 2.75) is 12.3 Å². The summed E-state index contributed by atoms with van der Waals surface area (Å²) in [5.74, 6) is 0.873. The van der Waals surface area contributed by atoms with Crippen molar-refractivity contribution >= 4 is 16.7 Å². The van der Waals surface area contributed by atoms with E-state index in [-0.39, 0.29) is 18.2 Å². The Morgan fingerprint density at radius 2 is 1.71 bits per heavy atom. The Morgan fingerprint density at radius 3 is 2.44 bits per heavy atom. The summed E-state index contributed by atoms with van der Waals surface area (Å²) in [4.78, 5) is 12.8. The lowest BCUT2D eigenvalue weighted by Gasteiger charge is -2.29. The maximum absolute atomic E-state index is 12.8. The molecule has 0 unspecified atom stereocenters. The zero-order chi connectivity index (χ0) is 23.5. The molecule has 1 atom stereocenters. The molecule has 1 amide bonds. The molecule has 1 aliphatic heterocycles. The lowest BCUT2D eigenvalue weighted by atomic mass is 9.81. The van der Waals surface area contributed by atoms with E-state index >= 15 is 0 Å². The Hall–Kier alpha value is -4.56. The number of ether oxygens (including phenoxy) is 2. The molecule has 34 heavy (non-hydrogen) atoms. The second kappa shape index (κ2) is 9.13. The summed E-state index contributed by atoms with van der Waals surface area (Å²) in [6.07, 6.45) is 0.185. The number of methoxy groups -OCH3 is 1. The number of allylic oxidation sites excluding steroid dienone is 1. The highest BCUT2D eigenvalue weighted by Crippen LogP contribution is 2.46. The summed E-state index contributed by atoms with van der Waals surface area (Å²) < 4.78 is 11.5. The van der Waals surface area contributed by atoms with Gasteiger partial charge in [0.05, 0.1) is 19.4 Å². The van der Waals surface area contributed by atoms with E-state index in [4.69, 9.17) is 9.47 Å². The number of rotatable bonds is 5. The van der Waals surface area contributed by atoms with Crippen LogP contribution in [-0.4, -0.2) is 13.0 Å². The highest BCUT2D eigenvalue weighted by molar-refractivity contribution is 5.90. The predicted molar refractivity (Wildman–Crippen MR) is 130 cm³/mol. The van der Waals surface area contributed by atoms with E-state index in [1.54, 1.807) is 7.11 Å². The minimum Gasteiger partial charge on any atom is -0.497 e. The van der Waals surface area contributed by atoms with Gasteiger partial charge in [-0.1, -0.05) is 72.8 Å². The SMILES string of the molecule is COc1ccc([C@H]2C(C#N)=C(NC(=O)Cc3ccccc3)Oc3ccc4ccccc4c32)cc1. The molecule has 0 radical (unpaired) electrons. The topological polar surface area (TPSA) is 71.3 Å². The second-order valence-electron chi connectivity index (χ2n) is 8.07. The minimum absolute atomic E-state index is 0.173. The van der Waals surface area contributed by atoms with Gasteiger partial charge in [0.1, 0.15) is 23.1 Å². The molecule has 0 bridgehead atoms. The molecule has 1 aliphatic rings. The van der Waals surface area contributed by atoms with Crippen molar-refractivity contribution in [3.05, 3.63) is 119 Å². The number of hydrogen-bond acceptors (Lipinski definition) is 4. The summed E-state index contributed by atoms with van der Waals surface area (Å²) in [5.41, 5.74) is 3.05. The maximum atomic E-state index is 12.8. The fourth-order valence-electron chi connectivity index (χ4n) is 4.39. The molecule has 166 valence electrons. The first kappa shape index (κ1) is 21.3. The van der Waals surface area contributed by atoms with Gasteiger partial charge in [-0.05, 0) is 40.1 Å². The van der Waals surface area contributed by atoms with Crippen LogP contribution >= 0.6 is 0 Å². The van der Waals surface area contributed by atoms with Crippen LogP contribution in [0.5, 0.6) is 11.5 Å². The fourth-order valence-corrected chi connectivity index (χ4v) is 4.39. The van der Waals surface area contributed by atoms with Crippen LogP contribution in [0.3, 0.4) is 0 Å². The molecular weight excluding hydrogens is 424 g/mol. The van der Waals surface area contributed by atoms with Crippen molar-refractivity contribution in [2.75, 3.05) is 7.11 Å². The van der Waals surface area contributed by atoms with Crippen LogP contribution in [0.15, 0.2) is 102 Å². The lowest BCUT2D eigenvalue weighted by Crippen LogP contribution is -2.32. The van der Waals surface area contributed by atoms with E-state index in [0.29, 0.717) is 11.3 Å². The van der Waals surface area contributed by atoms with Gasteiger partial charge in [-0.3, -0.25) is 10.1 Å². The third kappa shape index (κ3) is 3.98. The van der Waals surface area contributed by atoms with Gasteiger partial charge < -0.3 is 9.47 Å². The van der Waals surface area contributed by atoms with Crippen molar-refractivity contribution in [3.63, 3.8) is 0 Å². The molecule has 0 spiro atoms. The van der Waals surface area contributed by atoms with Gasteiger partial charge in [0.25, 0.3) is 0 Å². The number of nitrogens with zero attached hydrogens (tertiary/aromatic N) is 1. The first-order valence-corrected chi connectivity index (χ1v) is 11.0. The Morgan fingerprint density at radius 1 is 0.971 bits per heavy atom. The van der Waals surface area contributed by atoms with Gasteiger partial charge in [0.2, 0.25) is 11.8 Å². The third-order valence-corrected chi connectivity index (χ3v) is 5.99. The van der Waals surface area contributed by atoms with Crippen LogP contribution in [-0.2, 0) is 11.2 Å². The average molecular weight is 447 g/mol. The predicted octanol–water partition coefficient (Wildman–Crippen LogP) is 5.47. The van der Waals surface area contributed by atoms with Crippen molar-refractivity contribution < 1.29 is 14.3 Å². The molecule has 1 N–H and O–H groups in total. The summed E-state index contributed by atoms with van der Waals surface area (Å²) in [7, 11) is 1.62. The quantitative estimate of drug-likeness (QED) is 0.441. The van der Waals surface area contributed by atoms with Gasteiger partial charge in [0.15, 0.2) is 0 Å². The van der Waals surface area contributed by atoms with Crippen LogP contribution in [0.2, 0.25) is 0 Å². The van der Waals surface area contributed by atoms with E-state index in [1.165, 1.54) is 0 Å². The van der Waals surface area contributed by atoms with Crippen molar-refractivity contribution in [2.24, 2.45) is 0 Å². The first-order valence-electron chi connectivity index (χ1n) is 11.0. The molecule has 5 nitrogen and oxygen atoms in total. The normalized spacial score (nSPS) is 14.6. The number of carbonyl (C=O) groups is 1. The highest BCUT2D eigenvalue weighted by atomic mass is 16.5. The fraction of sp³-hybridized carbons (Fsp3) is 0.103. The number of amides is 1. The summed E-state index contributed by atoms with van der Waals surface area (Å²) in [5, 5.41) is 15.1. The van der Waals surface area contributed by atoms with E-state index in [9.17, 15) is 10.1 Å². The zero-order valence-corrected chi connectivity index (χ0v) is 18.6. The zero-order valence-electron chi connectivity index (χ0n) is 18.6. The van der Waals surface area contributed by atoms with Gasteiger partial charge in [-0.15, -0.1) is 0 Å². The number of nitriles is 1. The Bertz CT molecular complexity index is 1430. The van der Waals surface area contributed by atoms with Crippen LogP contribution in [0.4, 0.5) is 0 Å². The molecule has 4 aromatic rings. The van der Waals surface area contributed by atoms with Gasteiger partial charge in [-0.2, -0.15) is 5.26 Å². The van der Waals surface area contributed by atoms with Crippen LogP contribution in [0, 0.1) is 11.3 Å². The van der Waals surface area contributed by atoms with Crippen molar-refractivity contribution in [1.82, 2.24) is 5.32 Å². The summed E-state index contributed by atoms with van der Waals surface area (Å²) in [6.45, 7) is 0. The minimum atomic E-state index is -0.405. The van der Waals surface area contributed by atoms with E-state index < -0.39 is 5.92 Å². The van der Waals surface area contributed by atoms with Crippen LogP contribution in [0.1, 0.15) is 22.6 Å². The summed E-state index contributed by atoms with van der Waals surface area (Å²) in [6, 6.07) is 31.3. The molecule has 1 heterocycles. The van der Waals surface area contributed by atoms with Gasteiger partial charge in [0, 0.05) is 5.56 Å². The largest absolute Gasteiger partial charge is 0.497 e. The number of nitrogens with one attached hydrogen (secondary N) is 1. The number of fused-ring (bicyclic) bond motifs is 3. The van der Waals surface area contributed by atoms with E-state index in [0.717, 1.165) is 33.2 Å². The molecule has 5 rings (SSSR count). The second-order valence-corrected chi connectivity index (χ2v) is 8.07. The van der Waals surface area contributed by atoms with Gasteiger partial charge in [-0.25, -0.2) is 0 Å². The lowest BCUT2D eigenvalue weighted by molar-refractivity contribution is -0.120. The molecule has 0 aliphatic carbocycles. The Balaban J connectivity index is 1.61. The molecule has 0 saturated carbocycles. The molecule has 4 aromatic carbocycles. The number of carbonyl (C=O) groups excluding carboxylic acids is 1. The number of benzene rings is 4. The van der Waals surface area contributed by atoms with E-state index in [2.05, 4.69) is 11.4 Å². The molecule has 0 fully saturated rings. The van der Waals surface area contributed by atoms with Crippen LogP contribution < -0.4 is 14.8 Å². The smallest absolute Gasteiger partial charge is 0.231 e. The van der Waals surface area contributed by atoms with Crippen molar-refractivity contribution in [1.29, 1.82) is 5.26 Å². The highest BCUT2D eigenvalue weighted by Gasteiger charge is 2.33. The third-order valence-electron chi connectivity index (χ3n) is 5.99. The van der Waals surface area contributed by atoms with E-state index in [1.807, 2.05) is 91.0 Å². The monoisotopic (exact) mass is 446 g/mol. The molecule has 0 saturated heterocycles.